The lowest BCUT2D eigenvalue weighted by Gasteiger charge is -2.34. The number of benzene rings is 2. The van der Waals surface area contributed by atoms with Crippen LogP contribution in [0.15, 0.2) is 53.4 Å². The molecule has 32 heavy (non-hydrogen) atoms. The summed E-state index contributed by atoms with van der Waals surface area (Å²) < 4.78 is 79.9. The van der Waals surface area contributed by atoms with E-state index in [4.69, 9.17) is 0 Å². The van der Waals surface area contributed by atoms with E-state index in [0.717, 1.165) is 29.4 Å². The molecule has 1 aliphatic heterocycles. The molecule has 0 radical (unpaired) electrons. The summed E-state index contributed by atoms with van der Waals surface area (Å²) in [5, 5.41) is 3.29. The van der Waals surface area contributed by atoms with Gasteiger partial charge in [0.15, 0.2) is 0 Å². The Balaban J connectivity index is 1.40. The van der Waals surface area contributed by atoms with Gasteiger partial charge >= 0.3 is 6.18 Å². The molecule has 1 atom stereocenters. The minimum absolute atomic E-state index is 0.0695. The van der Waals surface area contributed by atoms with E-state index in [-0.39, 0.29) is 18.7 Å². The zero-order valence-corrected chi connectivity index (χ0v) is 17.8. The second kappa shape index (κ2) is 8.06. The minimum atomic E-state index is -4.73. The second-order valence-corrected chi connectivity index (χ2v) is 10.5. The quantitative estimate of drug-likeness (QED) is 0.656. The van der Waals surface area contributed by atoms with Crippen LogP contribution in [0.3, 0.4) is 0 Å². The van der Waals surface area contributed by atoms with Gasteiger partial charge in [0.05, 0.1) is 10.5 Å². The number of sulfone groups is 1. The van der Waals surface area contributed by atoms with Crippen LogP contribution in [0.5, 0.6) is 0 Å². The number of anilines is 1. The maximum absolute atomic E-state index is 15.5. The number of para-hydroxylation sites is 1. The number of alkyl halides is 4. The molecule has 0 saturated heterocycles. The third-order valence-corrected chi connectivity index (χ3v) is 8.37. The predicted octanol–water partition coefficient (Wildman–Crippen LogP) is 4.24. The van der Waals surface area contributed by atoms with Crippen molar-refractivity contribution in [3.8, 4) is 0 Å². The van der Waals surface area contributed by atoms with Crippen molar-refractivity contribution in [3.05, 3.63) is 59.7 Å². The van der Waals surface area contributed by atoms with Crippen molar-refractivity contribution in [1.29, 1.82) is 0 Å². The molecule has 5 nitrogen and oxygen atoms in total. The van der Waals surface area contributed by atoms with E-state index < -0.39 is 56.4 Å². The lowest BCUT2D eigenvalue weighted by molar-refractivity contribution is -0.137. The monoisotopic (exact) mass is 470 g/mol. The number of halogens is 4. The van der Waals surface area contributed by atoms with Crippen molar-refractivity contribution in [1.82, 2.24) is 5.32 Å². The molecule has 1 fully saturated rings. The van der Waals surface area contributed by atoms with E-state index in [2.05, 4.69) is 10.6 Å². The third-order valence-electron chi connectivity index (χ3n) is 6.12. The van der Waals surface area contributed by atoms with Crippen molar-refractivity contribution in [2.75, 3.05) is 5.32 Å². The SMILES string of the molecule is O=C(NC1CCC(F)(S(=O)(=O)c2cccc(C(F)(F)F)c2)CC1)C1Cc2ccccc2N1. The normalized spacial score (nSPS) is 25.6. The number of nitrogens with one attached hydrogen (secondary N) is 2. The molecular weight excluding hydrogens is 448 g/mol. The number of carbonyl (C=O) groups excluding carboxylic acids is 1. The summed E-state index contributed by atoms with van der Waals surface area (Å²) in [6, 6.07) is 9.81. The summed E-state index contributed by atoms with van der Waals surface area (Å²) in [6.45, 7) is 0. The molecular formula is C22H22F4N2O3S. The summed E-state index contributed by atoms with van der Waals surface area (Å²) in [5.74, 6) is -0.252. The van der Waals surface area contributed by atoms with Crippen LogP contribution in [-0.2, 0) is 27.2 Å². The number of rotatable bonds is 4. The van der Waals surface area contributed by atoms with Gasteiger partial charge in [-0.05, 0) is 55.5 Å². The zero-order valence-electron chi connectivity index (χ0n) is 17.0. The molecule has 1 aliphatic carbocycles. The van der Waals surface area contributed by atoms with Gasteiger partial charge < -0.3 is 10.6 Å². The van der Waals surface area contributed by atoms with Crippen molar-refractivity contribution < 1.29 is 30.8 Å². The third kappa shape index (κ3) is 4.20. The molecule has 172 valence electrons. The molecule has 1 amide bonds. The van der Waals surface area contributed by atoms with E-state index >= 15 is 4.39 Å². The summed E-state index contributed by atoms with van der Waals surface area (Å²) in [7, 11) is -4.64. The van der Waals surface area contributed by atoms with Crippen LogP contribution in [-0.4, -0.2) is 31.4 Å². The minimum Gasteiger partial charge on any atom is -0.373 e. The van der Waals surface area contributed by atoms with Crippen LogP contribution >= 0.6 is 0 Å². The Hall–Kier alpha value is -2.62. The first kappa shape index (κ1) is 22.6. The van der Waals surface area contributed by atoms with Gasteiger partial charge in [-0.15, -0.1) is 0 Å². The largest absolute Gasteiger partial charge is 0.416 e. The average molecular weight is 470 g/mol. The van der Waals surface area contributed by atoms with E-state index in [9.17, 15) is 26.4 Å². The lowest BCUT2D eigenvalue weighted by Crippen LogP contribution is -2.48. The highest BCUT2D eigenvalue weighted by Gasteiger charge is 2.48. The first-order chi connectivity index (χ1) is 15.0. The number of amides is 1. The molecule has 1 heterocycles. The van der Waals surface area contributed by atoms with Crippen LogP contribution < -0.4 is 10.6 Å². The van der Waals surface area contributed by atoms with Gasteiger partial charge in [0.25, 0.3) is 0 Å². The van der Waals surface area contributed by atoms with Crippen LogP contribution in [0, 0.1) is 0 Å². The van der Waals surface area contributed by atoms with Crippen molar-refractivity contribution in [2.24, 2.45) is 0 Å². The highest BCUT2D eigenvalue weighted by Crippen LogP contribution is 2.41. The Morgan fingerprint density at radius 2 is 1.75 bits per heavy atom. The lowest BCUT2D eigenvalue weighted by atomic mass is 9.93. The van der Waals surface area contributed by atoms with Gasteiger partial charge in [-0.3, -0.25) is 4.79 Å². The fourth-order valence-electron chi connectivity index (χ4n) is 4.27. The van der Waals surface area contributed by atoms with Gasteiger partial charge in [-0.1, -0.05) is 24.3 Å². The first-order valence-electron chi connectivity index (χ1n) is 10.3. The van der Waals surface area contributed by atoms with Crippen LogP contribution in [0.1, 0.15) is 36.8 Å². The number of hydrogen-bond donors (Lipinski definition) is 2. The van der Waals surface area contributed by atoms with E-state index in [1.165, 1.54) is 0 Å². The Labute approximate surface area is 183 Å². The molecule has 1 saturated carbocycles. The maximum Gasteiger partial charge on any atom is 0.416 e. The van der Waals surface area contributed by atoms with Crippen LogP contribution in [0.2, 0.25) is 0 Å². The maximum atomic E-state index is 15.5. The smallest absolute Gasteiger partial charge is 0.373 e. The number of carbonyl (C=O) groups is 1. The Bertz CT molecular complexity index is 1100. The van der Waals surface area contributed by atoms with Crippen molar-refractivity contribution in [2.45, 2.75) is 60.3 Å². The molecule has 10 heteroatoms. The van der Waals surface area contributed by atoms with Crippen molar-refractivity contribution in [3.63, 3.8) is 0 Å². The predicted molar refractivity (Wildman–Crippen MR) is 110 cm³/mol. The molecule has 2 aromatic carbocycles. The van der Waals surface area contributed by atoms with Gasteiger partial charge in [0, 0.05) is 18.2 Å². The second-order valence-electron chi connectivity index (χ2n) is 8.25. The summed E-state index contributed by atoms with van der Waals surface area (Å²) >= 11 is 0. The molecule has 0 spiro atoms. The summed E-state index contributed by atoms with van der Waals surface area (Å²) in [6.07, 6.45) is -4.89. The standard InChI is InChI=1S/C22H22F4N2O3S/c23-21(32(30,31)17-6-3-5-15(13-17)22(24,25)26)10-8-16(9-11-21)27-20(29)19-12-14-4-1-2-7-18(14)28-19/h1-7,13,16,19,28H,8-12H2,(H,27,29). The Morgan fingerprint density at radius 3 is 2.41 bits per heavy atom. The van der Waals surface area contributed by atoms with Crippen LogP contribution in [0.25, 0.3) is 0 Å². The molecule has 2 N–H and O–H groups in total. The fourth-order valence-corrected chi connectivity index (χ4v) is 6.01. The van der Waals surface area contributed by atoms with Gasteiger partial charge in [0.2, 0.25) is 20.7 Å². The molecule has 2 aliphatic rings. The Kier molecular flexibility index (Phi) is 5.68. The highest BCUT2D eigenvalue weighted by molar-refractivity contribution is 7.92. The van der Waals surface area contributed by atoms with E-state index in [1.54, 1.807) is 0 Å². The van der Waals surface area contributed by atoms with Gasteiger partial charge in [-0.25, -0.2) is 12.8 Å². The highest BCUT2D eigenvalue weighted by atomic mass is 32.2. The summed E-state index contributed by atoms with van der Waals surface area (Å²) in [5.41, 5.74) is 0.755. The molecule has 2 aromatic rings. The van der Waals surface area contributed by atoms with Crippen molar-refractivity contribution >= 4 is 21.4 Å². The van der Waals surface area contributed by atoms with Crippen LogP contribution in [0.4, 0.5) is 23.2 Å². The Morgan fingerprint density at radius 1 is 1.06 bits per heavy atom. The summed E-state index contributed by atoms with van der Waals surface area (Å²) in [4.78, 5) is 11.9. The molecule has 0 aromatic heterocycles. The fraction of sp³-hybridized carbons (Fsp3) is 0.409. The molecule has 4 rings (SSSR count). The average Bonchev–Trinajstić information content (AvgIpc) is 3.19. The molecule has 0 bridgehead atoms. The number of hydrogen-bond acceptors (Lipinski definition) is 4. The first-order valence-corrected chi connectivity index (χ1v) is 11.7. The zero-order chi connectivity index (χ0) is 23.1. The number of fused-ring (bicyclic) bond motifs is 1. The van der Waals surface area contributed by atoms with Gasteiger partial charge in [0.1, 0.15) is 6.04 Å². The topological polar surface area (TPSA) is 75.3 Å². The van der Waals surface area contributed by atoms with E-state index in [0.29, 0.717) is 12.5 Å². The van der Waals surface area contributed by atoms with Gasteiger partial charge in [-0.2, -0.15) is 13.2 Å². The van der Waals surface area contributed by atoms with E-state index in [1.807, 2.05) is 24.3 Å². The molecule has 1 unspecified atom stereocenters.